The molecule has 4 heteroatoms. The first kappa shape index (κ1) is 13.6. The maximum atomic E-state index is 12.9. The summed E-state index contributed by atoms with van der Waals surface area (Å²) in [5.74, 6) is 1.12. The number of hydrogen-bond donors (Lipinski definition) is 1. The van der Waals surface area contributed by atoms with Crippen LogP contribution in [0, 0.1) is 19.7 Å². The minimum Gasteiger partial charge on any atom is -0.483 e. The van der Waals surface area contributed by atoms with Gasteiger partial charge in [0.25, 0.3) is 0 Å². The van der Waals surface area contributed by atoms with Crippen LogP contribution in [-0.2, 0) is 0 Å². The van der Waals surface area contributed by atoms with E-state index in [1.807, 2.05) is 13.8 Å². The first-order valence-corrected chi connectivity index (χ1v) is 6.92. The Labute approximate surface area is 122 Å². The average molecular weight is 284 g/mol. The summed E-state index contributed by atoms with van der Waals surface area (Å²) in [6.45, 7) is 6.03. The Morgan fingerprint density at radius 1 is 1.14 bits per heavy atom. The van der Waals surface area contributed by atoms with Crippen LogP contribution in [0.15, 0.2) is 36.4 Å². The van der Waals surface area contributed by atoms with Crippen LogP contribution in [-0.4, -0.2) is 9.97 Å². The second-order valence-electron chi connectivity index (χ2n) is 5.31. The van der Waals surface area contributed by atoms with E-state index >= 15 is 0 Å². The lowest BCUT2D eigenvalue weighted by Gasteiger charge is -2.12. The molecule has 0 aliphatic rings. The van der Waals surface area contributed by atoms with Crippen LogP contribution in [0.4, 0.5) is 4.39 Å². The molecular weight excluding hydrogens is 267 g/mol. The number of nitrogens with one attached hydrogen (secondary N) is 1. The number of nitrogens with zero attached hydrogens (tertiary/aromatic N) is 1. The molecule has 0 bridgehead atoms. The Morgan fingerprint density at radius 2 is 1.86 bits per heavy atom. The van der Waals surface area contributed by atoms with Gasteiger partial charge in [-0.25, -0.2) is 9.37 Å². The van der Waals surface area contributed by atoms with Gasteiger partial charge in [0, 0.05) is 0 Å². The zero-order valence-electron chi connectivity index (χ0n) is 12.3. The average Bonchev–Trinajstić information content (AvgIpc) is 2.85. The lowest BCUT2D eigenvalue weighted by atomic mass is 10.1. The Bertz CT molecular complexity index is 777. The van der Waals surface area contributed by atoms with E-state index in [1.165, 1.54) is 17.7 Å². The summed E-state index contributed by atoms with van der Waals surface area (Å²) in [5, 5.41) is 0. The van der Waals surface area contributed by atoms with Gasteiger partial charge in [0.2, 0.25) is 0 Å². The second-order valence-corrected chi connectivity index (χ2v) is 5.31. The topological polar surface area (TPSA) is 37.9 Å². The fraction of sp³-hybridized carbons (Fsp3) is 0.235. The third kappa shape index (κ3) is 2.75. The van der Waals surface area contributed by atoms with Crippen LogP contribution in [0.1, 0.15) is 30.0 Å². The van der Waals surface area contributed by atoms with Gasteiger partial charge in [-0.3, -0.25) is 0 Å². The van der Waals surface area contributed by atoms with Crippen molar-refractivity contribution in [1.82, 2.24) is 9.97 Å². The molecule has 2 aromatic carbocycles. The van der Waals surface area contributed by atoms with Gasteiger partial charge in [-0.1, -0.05) is 6.07 Å². The highest BCUT2D eigenvalue weighted by molar-refractivity contribution is 5.79. The highest BCUT2D eigenvalue weighted by atomic mass is 19.1. The molecule has 1 heterocycles. The number of imidazole rings is 1. The maximum absolute atomic E-state index is 12.9. The summed E-state index contributed by atoms with van der Waals surface area (Å²) in [5.41, 5.74) is 4.31. The standard InChI is InChI=1S/C17H17FN2O/c1-10-8-11(2)16-15(9-10)19-17(20-16)12(3)21-14-6-4-13(18)5-7-14/h4-9,12H,1-3H3,(H,19,20)/t12-/m1/s1. The quantitative estimate of drug-likeness (QED) is 0.771. The van der Waals surface area contributed by atoms with Crippen molar-refractivity contribution in [3.8, 4) is 5.75 Å². The number of fused-ring (bicyclic) bond motifs is 1. The van der Waals surface area contributed by atoms with E-state index in [0.717, 1.165) is 22.4 Å². The number of aromatic amines is 1. The molecule has 1 N–H and O–H groups in total. The maximum Gasteiger partial charge on any atom is 0.153 e. The molecule has 0 aliphatic heterocycles. The number of ether oxygens (including phenoxy) is 1. The van der Waals surface area contributed by atoms with Crippen LogP contribution < -0.4 is 4.74 Å². The predicted molar refractivity (Wildman–Crippen MR) is 81.0 cm³/mol. The van der Waals surface area contributed by atoms with Gasteiger partial charge in [-0.2, -0.15) is 0 Å². The predicted octanol–water partition coefficient (Wildman–Crippen LogP) is 4.46. The van der Waals surface area contributed by atoms with Crippen molar-refractivity contribution >= 4 is 11.0 Å². The lowest BCUT2D eigenvalue weighted by molar-refractivity contribution is 0.217. The van der Waals surface area contributed by atoms with Crippen molar-refractivity contribution in [2.75, 3.05) is 0 Å². The van der Waals surface area contributed by atoms with Gasteiger partial charge >= 0.3 is 0 Å². The minimum atomic E-state index is -0.273. The Hall–Kier alpha value is -2.36. The van der Waals surface area contributed by atoms with Gasteiger partial charge < -0.3 is 9.72 Å². The van der Waals surface area contributed by atoms with Crippen molar-refractivity contribution < 1.29 is 9.13 Å². The highest BCUT2D eigenvalue weighted by Crippen LogP contribution is 2.24. The summed E-state index contributed by atoms with van der Waals surface area (Å²) in [7, 11) is 0. The number of aromatic nitrogens is 2. The van der Waals surface area contributed by atoms with Gasteiger partial charge in [0.1, 0.15) is 17.4 Å². The monoisotopic (exact) mass is 284 g/mol. The van der Waals surface area contributed by atoms with Crippen molar-refractivity contribution in [3.05, 3.63) is 59.2 Å². The van der Waals surface area contributed by atoms with E-state index in [9.17, 15) is 4.39 Å². The van der Waals surface area contributed by atoms with Crippen molar-refractivity contribution in [2.24, 2.45) is 0 Å². The molecule has 0 spiro atoms. The number of aryl methyl sites for hydroxylation is 2. The van der Waals surface area contributed by atoms with Gasteiger partial charge in [-0.15, -0.1) is 0 Å². The van der Waals surface area contributed by atoms with E-state index in [0.29, 0.717) is 5.75 Å². The Kier molecular flexibility index (Phi) is 3.37. The van der Waals surface area contributed by atoms with Crippen molar-refractivity contribution in [1.29, 1.82) is 0 Å². The highest BCUT2D eigenvalue weighted by Gasteiger charge is 2.14. The van der Waals surface area contributed by atoms with E-state index in [4.69, 9.17) is 4.74 Å². The molecule has 21 heavy (non-hydrogen) atoms. The first-order chi connectivity index (χ1) is 10.0. The zero-order valence-corrected chi connectivity index (χ0v) is 12.3. The normalized spacial score (nSPS) is 12.6. The van der Waals surface area contributed by atoms with E-state index in [-0.39, 0.29) is 11.9 Å². The largest absolute Gasteiger partial charge is 0.483 e. The van der Waals surface area contributed by atoms with Crippen LogP contribution >= 0.6 is 0 Å². The molecule has 3 nitrogen and oxygen atoms in total. The molecule has 1 aromatic heterocycles. The molecule has 3 rings (SSSR count). The number of H-pyrrole nitrogens is 1. The lowest BCUT2D eigenvalue weighted by Crippen LogP contribution is -2.05. The molecule has 0 unspecified atom stereocenters. The fourth-order valence-corrected chi connectivity index (χ4v) is 2.46. The third-order valence-corrected chi connectivity index (χ3v) is 3.45. The molecule has 0 saturated carbocycles. The van der Waals surface area contributed by atoms with Crippen molar-refractivity contribution in [2.45, 2.75) is 26.9 Å². The molecule has 108 valence electrons. The summed E-state index contributed by atoms with van der Waals surface area (Å²) in [4.78, 5) is 7.91. The van der Waals surface area contributed by atoms with Gasteiger partial charge in [-0.05, 0) is 62.2 Å². The third-order valence-electron chi connectivity index (χ3n) is 3.45. The van der Waals surface area contributed by atoms with Crippen LogP contribution in [0.5, 0.6) is 5.75 Å². The molecule has 0 saturated heterocycles. The minimum absolute atomic E-state index is 0.234. The zero-order chi connectivity index (χ0) is 15.0. The molecular formula is C17H17FN2O. The second kappa shape index (κ2) is 5.20. The number of halogens is 1. The molecule has 0 aliphatic carbocycles. The van der Waals surface area contributed by atoms with Crippen LogP contribution in [0.25, 0.3) is 11.0 Å². The molecule has 3 aromatic rings. The molecule has 0 fully saturated rings. The van der Waals surface area contributed by atoms with Crippen LogP contribution in [0.3, 0.4) is 0 Å². The first-order valence-electron chi connectivity index (χ1n) is 6.92. The number of hydrogen-bond acceptors (Lipinski definition) is 2. The van der Waals surface area contributed by atoms with E-state index < -0.39 is 0 Å². The van der Waals surface area contributed by atoms with E-state index in [2.05, 4.69) is 29.0 Å². The summed E-state index contributed by atoms with van der Waals surface area (Å²) >= 11 is 0. The number of rotatable bonds is 3. The summed E-state index contributed by atoms with van der Waals surface area (Å²) in [6, 6.07) is 10.2. The fourth-order valence-electron chi connectivity index (χ4n) is 2.46. The number of benzene rings is 2. The molecule has 0 radical (unpaired) electrons. The Balaban J connectivity index is 1.89. The van der Waals surface area contributed by atoms with Gasteiger partial charge in [0.15, 0.2) is 6.10 Å². The van der Waals surface area contributed by atoms with Gasteiger partial charge in [0.05, 0.1) is 11.0 Å². The smallest absolute Gasteiger partial charge is 0.153 e. The SMILES string of the molecule is Cc1cc(C)c2nc([C@@H](C)Oc3ccc(F)cc3)[nH]c2c1. The molecule has 1 atom stereocenters. The Morgan fingerprint density at radius 3 is 2.57 bits per heavy atom. The molecule has 0 amide bonds. The van der Waals surface area contributed by atoms with E-state index in [1.54, 1.807) is 12.1 Å². The van der Waals surface area contributed by atoms with Crippen molar-refractivity contribution in [3.63, 3.8) is 0 Å². The summed E-state index contributed by atoms with van der Waals surface area (Å²) in [6.07, 6.45) is -0.234. The summed E-state index contributed by atoms with van der Waals surface area (Å²) < 4.78 is 18.7. The van der Waals surface area contributed by atoms with Crippen LogP contribution in [0.2, 0.25) is 0 Å².